The molecule has 0 aliphatic carbocycles. The van der Waals surface area contributed by atoms with Crippen LogP contribution in [0.25, 0.3) is 11.1 Å². The molecule has 0 fully saturated rings. The van der Waals surface area contributed by atoms with Gasteiger partial charge in [0.25, 0.3) is 11.8 Å². The third-order valence-electron chi connectivity index (χ3n) is 7.00. The first-order chi connectivity index (χ1) is 20.4. The van der Waals surface area contributed by atoms with Crippen molar-refractivity contribution in [2.75, 3.05) is 19.7 Å². The zero-order valence-electron chi connectivity index (χ0n) is 24.0. The molecular weight excluding hydrogens is 528 g/mol. The van der Waals surface area contributed by atoms with Crippen LogP contribution in [0.3, 0.4) is 0 Å². The molecule has 0 saturated carbocycles. The minimum Gasteiger partial charge on any atom is -0.494 e. The van der Waals surface area contributed by atoms with Gasteiger partial charge in [-0.25, -0.2) is 0 Å². The maximum Gasteiger partial charge on any atom is 0.305 e. The predicted molar refractivity (Wildman–Crippen MR) is 164 cm³/mol. The van der Waals surface area contributed by atoms with E-state index in [4.69, 9.17) is 4.74 Å². The van der Waals surface area contributed by atoms with Gasteiger partial charge >= 0.3 is 5.97 Å². The first kappa shape index (κ1) is 30.1. The standard InChI is InChI=1S/C35H36N2O5/c1-3-42-32-15-9-4-10-27(32)20-22-37(23-21-33(38)39)35(41)31-14-8-6-12-29(31)28-11-5-7-13-30(28)34(40)36-24-26-18-16-25(2)17-19-26/h4-19H,3,20-24H2,1-2H3,(H,36,40)(H,38,39). The highest BCUT2D eigenvalue weighted by molar-refractivity contribution is 6.06. The van der Waals surface area contributed by atoms with Gasteiger partial charge in [0, 0.05) is 30.8 Å². The molecule has 2 amide bonds. The van der Waals surface area contributed by atoms with Crippen LogP contribution in [0.4, 0.5) is 0 Å². The monoisotopic (exact) mass is 564 g/mol. The molecule has 0 aromatic heterocycles. The van der Waals surface area contributed by atoms with Crippen LogP contribution in [-0.2, 0) is 17.8 Å². The highest BCUT2D eigenvalue weighted by Crippen LogP contribution is 2.29. The first-order valence-corrected chi connectivity index (χ1v) is 14.1. The van der Waals surface area contributed by atoms with Crippen LogP contribution >= 0.6 is 0 Å². The molecule has 216 valence electrons. The quantitative estimate of drug-likeness (QED) is 0.203. The summed E-state index contributed by atoms with van der Waals surface area (Å²) in [7, 11) is 0. The van der Waals surface area contributed by atoms with Crippen molar-refractivity contribution in [3.05, 3.63) is 125 Å². The van der Waals surface area contributed by atoms with Crippen LogP contribution in [0.1, 0.15) is 50.8 Å². The Labute approximate surface area is 246 Å². The van der Waals surface area contributed by atoms with Crippen molar-refractivity contribution in [1.82, 2.24) is 10.2 Å². The number of hydrogen-bond acceptors (Lipinski definition) is 4. The van der Waals surface area contributed by atoms with E-state index in [0.717, 1.165) is 22.4 Å². The molecule has 0 spiro atoms. The van der Waals surface area contributed by atoms with E-state index < -0.39 is 5.97 Å². The Morgan fingerprint density at radius 1 is 0.786 bits per heavy atom. The molecule has 4 aromatic carbocycles. The Morgan fingerprint density at radius 2 is 1.40 bits per heavy atom. The van der Waals surface area contributed by atoms with Crippen molar-refractivity contribution in [1.29, 1.82) is 0 Å². The van der Waals surface area contributed by atoms with Crippen LogP contribution in [0.2, 0.25) is 0 Å². The Bertz CT molecular complexity index is 1530. The van der Waals surface area contributed by atoms with E-state index in [9.17, 15) is 19.5 Å². The highest BCUT2D eigenvalue weighted by Gasteiger charge is 2.23. The van der Waals surface area contributed by atoms with E-state index in [-0.39, 0.29) is 24.8 Å². The molecule has 0 unspecified atom stereocenters. The van der Waals surface area contributed by atoms with Gasteiger partial charge in [-0.2, -0.15) is 0 Å². The number of aryl methyl sites for hydroxylation is 1. The molecule has 0 bridgehead atoms. The predicted octanol–water partition coefficient (Wildman–Crippen LogP) is 6.15. The second kappa shape index (κ2) is 14.6. The van der Waals surface area contributed by atoms with Gasteiger partial charge in [-0.15, -0.1) is 0 Å². The van der Waals surface area contributed by atoms with Crippen LogP contribution in [0.5, 0.6) is 5.75 Å². The van der Waals surface area contributed by atoms with Crippen LogP contribution in [-0.4, -0.2) is 47.5 Å². The average molecular weight is 565 g/mol. The van der Waals surface area contributed by atoms with Gasteiger partial charge in [0.15, 0.2) is 0 Å². The van der Waals surface area contributed by atoms with Gasteiger partial charge in [0.2, 0.25) is 0 Å². The van der Waals surface area contributed by atoms with Crippen molar-refractivity contribution in [2.45, 2.75) is 33.2 Å². The van der Waals surface area contributed by atoms with Gasteiger partial charge in [0.1, 0.15) is 5.75 Å². The third-order valence-corrected chi connectivity index (χ3v) is 7.00. The number of amides is 2. The molecule has 0 radical (unpaired) electrons. The van der Waals surface area contributed by atoms with Crippen molar-refractivity contribution in [3.63, 3.8) is 0 Å². The molecule has 7 heteroatoms. The molecule has 4 rings (SSSR count). The molecule has 42 heavy (non-hydrogen) atoms. The van der Waals surface area contributed by atoms with E-state index in [1.165, 1.54) is 0 Å². The Kier molecular flexibility index (Phi) is 10.5. The summed E-state index contributed by atoms with van der Waals surface area (Å²) in [5.74, 6) is -0.776. The van der Waals surface area contributed by atoms with E-state index >= 15 is 0 Å². The number of para-hydroxylation sites is 1. The van der Waals surface area contributed by atoms with E-state index in [0.29, 0.717) is 48.4 Å². The third kappa shape index (κ3) is 7.85. The lowest BCUT2D eigenvalue weighted by Crippen LogP contribution is -2.35. The van der Waals surface area contributed by atoms with E-state index in [1.807, 2.05) is 86.6 Å². The Morgan fingerprint density at radius 3 is 2.10 bits per heavy atom. The van der Waals surface area contributed by atoms with Crippen molar-refractivity contribution in [3.8, 4) is 16.9 Å². The zero-order valence-corrected chi connectivity index (χ0v) is 24.0. The lowest BCUT2D eigenvalue weighted by atomic mass is 9.94. The fourth-order valence-electron chi connectivity index (χ4n) is 4.78. The SMILES string of the molecule is CCOc1ccccc1CCN(CCC(=O)O)C(=O)c1ccccc1-c1ccccc1C(=O)NCc1ccc(C)cc1. The minimum atomic E-state index is -0.980. The number of carboxylic acid groups (broad SMARTS) is 1. The van der Waals surface area contributed by atoms with Crippen LogP contribution in [0, 0.1) is 6.92 Å². The number of carboxylic acids is 1. The summed E-state index contributed by atoms with van der Waals surface area (Å²) in [5, 5.41) is 12.4. The normalized spacial score (nSPS) is 10.6. The number of carbonyl (C=O) groups is 3. The summed E-state index contributed by atoms with van der Waals surface area (Å²) >= 11 is 0. The Balaban J connectivity index is 1.60. The van der Waals surface area contributed by atoms with Crippen LogP contribution in [0.15, 0.2) is 97.1 Å². The van der Waals surface area contributed by atoms with Gasteiger partial charge in [-0.1, -0.05) is 84.4 Å². The van der Waals surface area contributed by atoms with Gasteiger partial charge in [-0.3, -0.25) is 14.4 Å². The summed E-state index contributed by atoms with van der Waals surface area (Å²) in [6, 6.07) is 30.0. The number of ether oxygens (including phenoxy) is 1. The molecular formula is C35H36N2O5. The fourth-order valence-corrected chi connectivity index (χ4v) is 4.78. The van der Waals surface area contributed by atoms with Crippen molar-refractivity contribution in [2.24, 2.45) is 0 Å². The number of hydrogen-bond donors (Lipinski definition) is 2. The minimum absolute atomic E-state index is 0.0536. The summed E-state index contributed by atoms with van der Waals surface area (Å²) in [6.45, 7) is 5.18. The van der Waals surface area contributed by atoms with Crippen molar-refractivity contribution >= 4 is 17.8 Å². The maximum absolute atomic E-state index is 14.0. The van der Waals surface area contributed by atoms with E-state index in [2.05, 4.69) is 5.32 Å². The molecule has 2 N–H and O–H groups in total. The second-order valence-corrected chi connectivity index (χ2v) is 9.99. The van der Waals surface area contributed by atoms with Gasteiger partial charge in [-0.05, 0) is 60.7 Å². The summed E-state index contributed by atoms with van der Waals surface area (Å²) < 4.78 is 5.74. The summed E-state index contributed by atoms with van der Waals surface area (Å²) in [5.41, 5.74) is 5.17. The summed E-state index contributed by atoms with van der Waals surface area (Å²) in [4.78, 5) is 40.4. The lowest BCUT2D eigenvalue weighted by Gasteiger charge is -2.24. The second-order valence-electron chi connectivity index (χ2n) is 9.99. The number of nitrogens with one attached hydrogen (secondary N) is 1. The van der Waals surface area contributed by atoms with Gasteiger partial charge < -0.3 is 20.1 Å². The molecule has 0 heterocycles. The van der Waals surface area contributed by atoms with Gasteiger partial charge in [0.05, 0.1) is 13.0 Å². The van der Waals surface area contributed by atoms with Crippen LogP contribution < -0.4 is 10.1 Å². The number of benzene rings is 4. The van der Waals surface area contributed by atoms with Crippen molar-refractivity contribution < 1.29 is 24.2 Å². The molecule has 7 nitrogen and oxygen atoms in total. The fraction of sp³-hybridized carbons (Fsp3) is 0.229. The topological polar surface area (TPSA) is 95.9 Å². The molecule has 0 aliphatic rings. The first-order valence-electron chi connectivity index (χ1n) is 14.1. The average Bonchev–Trinajstić information content (AvgIpc) is 3.01. The summed E-state index contributed by atoms with van der Waals surface area (Å²) in [6.07, 6.45) is 0.320. The zero-order chi connectivity index (χ0) is 29.9. The lowest BCUT2D eigenvalue weighted by molar-refractivity contribution is -0.137. The highest BCUT2D eigenvalue weighted by atomic mass is 16.5. The van der Waals surface area contributed by atoms with E-state index in [1.54, 1.807) is 29.2 Å². The molecule has 0 aliphatic heterocycles. The number of carbonyl (C=O) groups excluding carboxylic acids is 2. The molecule has 0 saturated heterocycles. The smallest absolute Gasteiger partial charge is 0.305 e. The molecule has 4 aromatic rings. The maximum atomic E-state index is 14.0. The number of aliphatic carboxylic acids is 1. The largest absolute Gasteiger partial charge is 0.494 e. The Hall–Kier alpha value is -4.91. The number of rotatable bonds is 13. The number of nitrogens with zero attached hydrogens (tertiary/aromatic N) is 1. The molecule has 0 atom stereocenters.